The lowest BCUT2D eigenvalue weighted by atomic mass is 10.1. The first-order chi connectivity index (χ1) is 20.3. The lowest BCUT2D eigenvalue weighted by Gasteiger charge is -2.13. The maximum absolute atomic E-state index is 14.1. The fraction of sp³-hybridized carbons (Fsp3) is 0.0938. The largest absolute Gasteiger partial charge is 0.493 e. The van der Waals surface area contributed by atoms with Crippen molar-refractivity contribution < 1.29 is 23.5 Å². The van der Waals surface area contributed by atoms with Crippen molar-refractivity contribution in [1.82, 2.24) is 5.32 Å². The van der Waals surface area contributed by atoms with Crippen molar-refractivity contribution in [2.45, 2.75) is 11.8 Å². The van der Waals surface area contributed by atoms with E-state index in [4.69, 9.17) is 4.74 Å². The zero-order valence-corrected chi connectivity index (χ0v) is 24.9. The molecular weight excluding hydrogens is 621 g/mol. The van der Waals surface area contributed by atoms with Crippen LogP contribution >= 0.6 is 27.7 Å². The van der Waals surface area contributed by atoms with E-state index in [0.717, 1.165) is 0 Å². The predicted molar refractivity (Wildman–Crippen MR) is 168 cm³/mol. The van der Waals surface area contributed by atoms with Crippen LogP contribution in [0.25, 0.3) is 6.08 Å². The average molecular weight is 649 g/mol. The first-order valence-electron chi connectivity index (χ1n) is 12.9. The Bertz CT molecular complexity index is 1610. The molecular formula is C32H27BrFN3O4S. The summed E-state index contributed by atoms with van der Waals surface area (Å²) in [4.78, 5) is 39.5. The molecule has 3 amide bonds. The van der Waals surface area contributed by atoms with Crippen LogP contribution in [-0.2, 0) is 9.59 Å². The van der Waals surface area contributed by atoms with E-state index in [2.05, 4.69) is 31.9 Å². The number of thioether (sulfide) groups is 1. The van der Waals surface area contributed by atoms with Crippen molar-refractivity contribution in [3.05, 3.63) is 124 Å². The summed E-state index contributed by atoms with van der Waals surface area (Å²) in [5.74, 6) is -1.31. The molecule has 0 aliphatic heterocycles. The third-order valence-corrected chi connectivity index (χ3v) is 7.20. The molecule has 214 valence electrons. The van der Waals surface area contributed by atoms with E-state index in [-0.39, 0.29) is 23.0 Å². The van der Waals surface area contributed by atoms with Crippen molar-refractivity contribution in [3.63, 3.8) is 0 Å². The Kier molecular flexibility index (Phi) is 10.9. The van der Waals surface area contributed by atoms with Gasteiger partial charge in [-0.05, 0) is 67.6 Å². The van der Waals surface area contributed by atoms with Gasteiger partial charge in [-0.15, -0.1) is 11.8 Å². The van der Waals surface area contributed by atoms with Gasteiger partial charge >= 0.3 is 0 Å². The minimum Gasteiger partial charge on any atom is -0.493 e. The van der Waals surface area contributed by atoms with Crippen molar-refractivity contribution in [2.24, 2.45) is 0 Å². The highest BCUT2D eigenvalue weighted by atomic mass is 79.9. The fourth-order valence-electron chi connectivity index (χ4n) is 3.77. The van der Waals surface area contributed by atoms with Crippen LogP contribution in [0.3, 0.4) is 0 Å². The quantitative estimate of drug-likeness (QED) is 0.119. The van der Waals surface area contributed by atoms with Crippen LogP contribution in [0.2, 0.25) is 0 Å². The summed E-state index contributed by atoms with van der Waals surface area (Å²) in [6.45, 7) is 2.29. The molecule has 4 rings (SSSR count). The zero-order valence-electron chi connectivity index (χ0n) is 22.5. The summed E-state index contributed by atoms with van der Waals surface area (Å²) in [5.41, 5.74) is 1.59. The molecule has 0 saturated heterocycles. The van der Waals surface area contributed by atoms with Gasteiger partial charge < -0.3 is 20.7 Å². The molecule has 10 heteroatoms. The number of hydrogen-bond acceptors (Lipinski definition) is 5. The average Bonchev–Trinajstić information content (AvgIpc) is 2.99. The number of ether oxygens (including phenoxy) is 1. The molecule has 42 heavy (non-hydrogen) atoms. The van der Waals surface area contributed by atoms with Gasteiger partial charge in [-0.3, -0.25) is 14.4 Å². The maximum atomic E-state index is 14.1. The molecule has 3 N–H and O–H groups in total. The molecule has 0 unspecified atom stereocenters. The summed E-state index contributed by atoms with van der Waals surface area (Å²) < 4.78 is 20.3. The molecule has 0 saturated carbocycles. The van der Waals surface area contributed by atoms with Gasteiger partial charge in [0, 0.05) is 26.2 Å². The molecule has 0 heterocycles. The van der Waals surface area contributed by atoms with Crippen LogP contribution in [0.15, 0.2) is 112 Å². The normalized spacial score (nSPS) is 11.0. The highest BCUT2D eigenvalue weighted by Gasteiger charge is 2.17. The van der Waals surface area contributed by atoms with Crippen molar-refractivity contribution in [3.8, 4) is 5.75 Å². The molecule has 4 aromatic rings. The lowest BCUT2D eigenvalue weighted by molar-refractivity contribution is -0.114. The Morgan fingerprint density at radius 1 is 0.905 bits per heavy atom. The van der Waals surface area contributed by atoms with Gasteiger partial charge in [-0.25, -0.2) is 4.39 Å². The molecule has 0 radical (unpaired) electrons. The Morgan fingerprint density at radius 3 is 2.43 bits per heavy atom. The Morgan fingerprint density at radius 2 is 1.67 bits per heavy atom. The number of anilines is 2. The number of amides is 3. The van der Waals surface area contributed by atoms with Crippen LogP contribution in [0, 0.1) is 5.82 Å². The number of carbonyl (C=O) groups is 3. The van der Waals surface area contributed by atoms with E-state index < -0.39 is 17.6 Å². The zero-order chi connectivity index (χ0) is 29.9. The molecule has 0 fully saturated rings. The maximum Gasteiger partial charge on any atom is 0.272 e. The minimum absolute atomic E-state index is 0.0185. The Labute approximate surface area is 255 Å². The highest BCUT2D eigenvalue weighted by molar-refractivity contribution is 9.10. The molecule has 0 aliphatic carbocycles. The third kappa shape index (κ3) is 8.79. The summed E-state index contributed by atoms with van der Waals surface area (Å²) in [6, 6.07) is 27.1. The third-order valence-electron chi connectivity index (χ3n) is 5.71. The second-order valence-electron chi connectivity index (χ2n) is 8.79. The van der Waals surface area contributed by atoms with Gasteiger partial charge in [-0.2, -0.15) is 0 Å². The smallest absolute Gasteiger partial charge is 0.272 e. The Hall–Kier alpha value is -4.41. The molecule has 0 bridgehead atoms. The Balaban J connectivity index is 1.48. The monoisotopic (exact) mass is 647 g/mol. The molecule has 4 aromatic carbocycles. The number of benzene rings is 4. The number of para-hydroxylation sites is 1. The number of rotatable bonds is 11. The van der Waals surface area contributed by atoms with Gasteiger partial charge in [-0.1, -0.05) is 58.4 Å². The van der Waals surface area contributed by atoms with E-state index in [1.165, 1.54) is 23.9 Å². The standard InChI is InChI=1S/C32H27BrFN3O4S/c1-2-41-29-14-7-6-11-22(29)17-28(37-31(39)21-9-4-3-5-10-21)32(40)35-24-12-8-13-25(19-24)42-20-30(38)36-27-16-15-23(33)18-26(27)34/h3-19H,2,20H2,1H3,(H,35,40)(H,36,38)(H,37,39)/b28-17+. The second kappa shape index (κ2) is 15.0. The number of carbonyl (C=O) groups excluding carboxylic acids is 3. The second-order valence-corrected chi connectivity index (χ2v) is 10.8. The summed E-state index contributed by atoms with van der Waals surface area (Å²) in [7, 11) is 0. The van der Waals surface area contributed by atoms with E-state index in [9.17, 15) is 18.8 Å². The van der Waals surface area contributed by atoms with Gasteiger partial charge in [0.05, 0.1) is 18.0 Å². The van der Waals surface area contributed by atoms with Gasteiger partial charge in [0.15, 0.2) is 0 Å². The van der Waals surface area contributed by atoms with Crippen LogP contribution in [-0.4, -0.2) is 30.1 Å². The van der Waals surface area contributed by atoms with Crippen LogP contribution in [0.4, 0.5) is 15.8 Å². The van der Waals surface area contributed by atoms with Gasteiger partial charge in [0.25, 0.3) is 11.8 Å². The summed E-state index contributed by atoms with van der Waals surface area (Å²) >= 11 is 4.42. The molecule has 0 atom stereocenters. The predicted octanol–water partition coefficient (Wildman–Crippen LogP) is 7.13. The molecule has 0 aliphatic rings. The first kappa shape index (κ1) is 30.5. The minimum atomic E-state index is -0.545. The first-order valence-corrected chi connectivity index (χ1v) is 14.7. The van der Waals surface area contributed by atoms with E-state index >= 15 is 0 Å². The lowest BCUT2D eigenvalue weighted by Crippen LogP contribution is -2.30. The van der Waals surface area contributed by atoms with Gasteiger partial charge in [0.2, 0.25) is 5.91 Å². The van der Waals surface area contributed by atoms with E-state index in [1.807, 2.05) is 19.1 Å². The van der Waals surface area contributed by atoms with E-state index in [0.29, 0.717) is 38.5 Å². The molecule has 7 nitrogen and oxygen atoms in total. The number of nitrogens with one attached hydrogen (secondary N) is 3. The van der Waals surface area contributed by atoms with Crippen LogP contribution < -0.4 is 20.7 Å². The van der Waals surface area contributed by atoms with Crippen molar-refractivity contribution in [2.75, 3.05) is 23.0 Å². The summed E-state index contributed by atoms with van der Waals surface area (Å²) in [5, 5.41) is 8.09. The number of halogens is 2. The fourth-order valence-corrected chi connectivity index (χ4v) is 4.86. The highest BCUT2D eigenvalue weighted by Crippen LogP contribution is 2.25. The SMILES string of the molecule is CCOc1ccccc1/C=C(/NC(=O)c1ccccc1)C(=O)Nc1cccc(SCC(=O)Nc2ccc(Br)cc2F)c1. The summed E-state index contributed by atoms with van der Waals surface area (Å²) in [6.07, 6.45) is 1.56. The van der Waals surface area contributed by atoms with Gasteiger partial charge in [0.1, 0.15) is 17.3 Å². The van der Waals surface area contributed by atoms with Crippen LogP contribution in [0.5, 0.6) is 5.75 Å². The molecule has 0 spiro atoms. The van der Waals surface area contributed by atoms with Crippen molar-refractivity contribution >= 4 is 62.9 Å². The van der Waals surface area contributed by atoms with Crippen molar-refractivity contribution in [1.29, 1.82) is 0 Å². The molecule has 0 aromatic heterocycles. The van der Waals surface area contributed by atoms with E-state index in [1.54, 1.807) is 78.9 Å². The van der Waals surface area contributed by atoms with Crippen LogP contribution in [0.1, 0.15) is 22.8 Å². The topological polar surface area (TPSA) is 96.5 Å². The number of hydrogen-bond donors (Lipinski definition) is 3.